The van der Waals surface area contributed by atoms with Crippen molar-refractivity contribution in [2.24, 2.45) is 0 Å². The fourth-order valence-electron chi connectivity index (χ4n) is 4.71. The molecule has 3 aromatic carbocycles. The number of hydrogen-bond donors (Lipinski definition) is 0. The van der Waals surface area contributed by atoms with Crippen molar-refractivity contribution in [3.05, 3.63) is 100 Å². The van der Waals surface area contributed by atoms with Crippen LogP contribution in [0.15, 0.2) is 87.5 Å². The zero-order chi connectivity index (χ0) is 24.6. The van der Waals surface area contributed by atoms with Crippen LogP contribution in [0.4, 0.5) is 10.1 Å². The van der Waals surface area contributed by atoms with Crippen LogP contribution in [0.5, 0.6) is 0 Å². The molecule has 0 unspecified atom stereocenters. The zero-order valence-electron chi connectivity index (χ0n) is 19.6. The van der Waals surface area contributed by atoms with Crippen molar-refractivity contribution in [3.8, 4) is 0 Å². The van der Waals surface area contributed by atoms with Crippen molar-refractivity contribution in [2.75, 3.05) is 18.0 Å². The summed E-state index contributed by atoms with van der Waals surface area (Å²) in [6, 6.07) is 19.0. The second-order valence-electron chi connectivity index (χ2n) is 8.95. The van der Waals surface area contributed by atoms with Gasteiger partial charge in [-0.2, -0.15) is 0 Å². The third-order valence-corrected chi connectivity index (χ3v) is 8.45. The Labute approximate surface area is 204 Å². The second kappa shape index (κ2) is 9.30. The average molecular weight is 491 g/mol. The SMILES string of the molecule is CCc1ccc(S(=O)(=O)c2cn(Cc3ccccc3)c3cc(N4CCCC4)c(F)cc3c2=O)cc1. The summed E-state index contributed by atoms with van der Waals surface area (Å²) in [6.07, 6.45) is 4.16. The predicted octanol–water partition coefficient (Wildman–Crippen LogP) is 5.18. The number of rotatable bonds is 6. The van der Waals surface area contributed by atoms with Crippen LogP contribution in [0.2, 0.25) is 0 Å². The first-order valence-electron chi connectivity index (χ1n) is 11.9. The van der Waals surface area contributed by atoms with E-state index in [1.165, 1.54) is 24.4 Å². The number of halogens is 1. The Kier molecular flexibility index (Phi) is 6.19. The van der Waals surface area contributed by atoms with E-state index in [1.54, 1.807) is 22.8 Å². The molecule has 0 radical (unpaired) electrons. The summed E-state index contributed by atoms with van der Waals surface area (Å²) in [5.41, 5.74) is 2.22. The van der Waals surface area contributed by atoms with Gasteiger partial charge in [-0.05, 0) is 54.7 Å². The van der Waals surface area contributed by atoms with Gasteiger partial charge in [-0.25, -0.2) is 12.8 Å². The number of fused-ring (bicyclic) bond motifs is 1. The molecule has 35 heavy (non-hydrogen) atoms. The minimum Gasteiger partial charge on any atom is -0.369 e. The van der Waals surface area contributed by atoms with Gasteiger partial charge in [0.25, 0.3) is 0 Å². The highest BCUT2D eigenvalue weighted by atomic mass is 32.2. The Morgan fingerprint density at radius 1 is 0.914 bits per heavy atom. The van der Waals surface area contributed by atoms with E-state index in [2.05, 4.69) is 0 Å². The summed E-state index contributed by atoms with van der Waals surface area (Å²) in [5, 5.41) is 0.0626. The molecular formula is C28H27FN2O3S. The molecule has 0 spiro atoms. The molecule has 5 nitrogen and oxygen atoms in total. The van der Waals surface area contributed by atoms with Gasteiger partial charge in [-0.15, -0.1) is 0 Å². The highest BCUT2D eigenvalue weighted by Gasteiger charge is 2.26. The molecule has 0 bridgehead atoms. The smallest absolute Gasteiger partial charge is 0.211 e. The van der Waals surface area contributed by atoms with Crippen LogP contribution >= 0.6 is 0 Å². The quantitative estimate of drug-likeness (QED) is 0.374. The largest absolute Gasteiger partial charge is 0.369 e. The van der Waals surface area contributed by atoms with Crippen LogP contribution in [0.25, 0.3) is 10.9 Å². The first-order valence-corrected chi connectivity index (χ1v) is 13.4. The fourth-order valence-corrected chi connectivity index (χ4v) is 6.08. The Balaban J connectivity index is 1.73. The van der Waals surface area contributed by atoms with E-state index in [-0.39, 0.29) is 15.2 Å². The summed E-state index contributed by atoms with van der Waals surface area (Å²) >= 11 is 0. The number of pyridine rings is 1. The van der Waals surface area contributed by atoms with Crippen LogP contribution in [0.3, 0.4) is 0 Å². The molecule has 0 aliphatic carbocycles. The van der Waals surface area contributed by atoms with Crippen LogP contribution in [-0.2, 0) is 22.8 Å². The number of anilines is 1. The molecule has 1 saturated heterocycles. The summed E-state index contributed by atoms with van der Waals surface area (Å²) < 4.78 is 44.1. The first-order chi connectivity index (χ1) is 16.9. The van der Waals surface area contributed by atoms with Crippen molar-refractivity contribution in [3.63, 3.8) is 0 Å². The summed E-state index contributed by atoms with van der Waals surface area (Å²) in [4.78, 5) is 15.2. The molecule has 1 fully saturated rings. The average Bonchev–Trinajstić information content (AvgIpc) is 3.41. The number of aromatic nitrogens is 1. The van der Waals surface area contributed by atoms with E-state index >= 15 is 4.39 Å². The molecular weight excluding hydrogens is 463 g/mol. The highest BCUT2D eigenvalue weighted by molar-refractivity contribution is 7.91. The van der Waals surface area contributed by atoms with Gasteiger partial charge < -0.3 is 9.47 Å². The summed E-state index contributed by atoms with van der Waals surface area (Å²) in [7, 11) is -4.11. The molecule has 5 rings (SSSR count). The van der Waals surface area contributed by atoms with Gasteiger partial charge >= 0.3 is 0 Å². The van der Waals surface area contributed by atoms with Crippen molar-refractivity contribution in [1.82, 2.24) is 4.57 Å². The van der Waals surface area contributed by atoms with Gasteiger partial charge in [0.2, 0.25) is 15.3 Å². The van der Waals surface area contributed by atoms with Crippen LogP contribution in [0, 0.1) is 5.82 Å². The number of aryl methyl sites for hydroxylation is 1. The van der Waals surface area contributed by atoms with E-state index < -0.39 is 21.1 Å². The lowest BCUT2D eigenvalue weighted by Gasteiger charge is -2.21. The normalized spacial score (nSPS) is 14.1. The monoisotopic (exact) mass is 490 g/mol. The number of hydrogen-bond acceptors (Lipinski definition) is 4. The minimum atomic E-state index is -4.11. The topological polar surface area (TPSA) is 59.4 Å². The van der Waals surface area contributed by atoms with Gasteiger partial charge in [0, 0.05) is 25.8 Å². The van der Waals surface area contributed by atoms with E-state index in [4.69, 9.17) is 0 Å². The maximum Gasteiger partial charge on any atom is 0.211 e. The van der Waals surface area contributed by atoms with E-state index in [0.717, 1.165) is 43.5 Å². The Morgan fingerprint density at radius 2 is 1.60 bits per heavy atom. The van der Waals surface area contributed by atoms with Gasteiger partial charge in [-0.3, -0.25) is 4.79 Å². The fraction of sp³-hybridized carbons (Fsp3) is 0.250. The number of benzene rings is 3. The van der Waals surface area contributed by atoms with Crippen LogP contribution in [-0.4, -0.2) is 26.1 Å². The first kappa shape index (κ1) is 23.3. The highest BCUT2D eigenvalue weighted by Crippen LogP contribution is 2.30. The van der Waals surface area contributed by atoms with Crippen molar-refractivity contribution >= 4 is 26.4 Å². The zero-order valence-corrected chi connectivity index (χ0v) is 20.4. The Morgan fingerprint density at radius 3 is 2.26 bits per heavy atom. The van der Waals surface area contributed by atoms with Gasteiger partial charge in [-0.1, -0.05) is 49.4 Å². The molecule has 1 aliphatic rings. The molecule has 180 valence electrons. The van der Waals surface area contributed by atoms with Gasteiger partial charge in [0.05, 0.1) is 21.5 Å². The predicted molar refractivity (Wildman–Crippen MR) is 136 cm³/mol. The van der Waals surface area contributed by atoms with Crippen molar-refractivity contribution in [2.45, 2.75) is 42.5 Å². The van der Waals surface area contributed by atoms with Crippen LogP contribution in [0.1, 0.15) is 30.9 Å². The lowest BCUT2D eigenvalue weighted by molar-refractivity contribution is 0.593. The van der Waals surface area contributed by atoms with E-state index in [1.807, 2.05) is 42.2 Å². The second-order valence-corrected chi connectivity index (χ2v) is 10.9. The molecule has 0 atom stereocenters. The Bertz CT molecular complexity index is 1540. The minimum absolute atomic E-state index is 0.0477. The van der Waals surface area contributed by atoms with Gasteiger partial charge in [0.1, 0.15) is 10.7 Å². The summed E-state index contributed by atoms with van der Waals surface area (Å²) in [5.74, 6) is -0.510. The molecule has 0 N–H and O–H groups in total. The van der Waals surface area contributed by atoms with E-state index in [0.29, 0.717) is 17.7 Å². The Hall–Kier alpha value is -3.45. The molecule has 1 aliphatic heterocycles. The number of sulfone groups is 1. The maximum atomic E-state index is 15.2. The maximum absolute atomic E-state index is 15.2. The molecule has 4 aromatic rings. The third kappa shape index (κ3) is 4.36. The van der Waals surface area contributed by atoms with E-state index in [9.17, 15) is 13.2 Å². The third-order valence-electron chi connectivity index (χ3n) is 6.69. The van der Waals surface area contributed by atoms with Crippen molar-refractivity contribution < 1.29 is 12.8 Å². The van der Waals surface area contributed by atoms with Crippen LogP contribution < -0.4 is 10.3 Å². The summed E-state index contributed by atoms with van der Waals surface area (Å²) in [6.45, 7) is 3.84. The molecule has 0 saturated carbocycles. The molecule has 0 amide bonds. The lowest BCUT2D eigenvalue weighted by atomic mass is 10.1. The molecule has 7 heteroatoms. The molecule has 2 heterocycles. The van der Waals surface area contributed by atoms with Gasteiger partial charge in [0.15, 0.2) is 0 Å². The number of nitrogens with zero attached hydrogens (tertiary/aromatic N) is 2. The molecule has 1 aromatic heterocycles. The standard InChI is InChI=1S/C28H27FN2O3S/c1-2-20-10-12-22(13-11-20)35(33,34)27-19-31(18-21-8-4-3-5-9-21)25-17-26(30-14-6-7-15-30)24(29)16-23(25)28(27)32/h3-5,8-13,16-17,19H,2,6-7,14-15,18H2,1H3. The van der Waals surface area contributed by atoms with Crippen molar-refractivity contribution in [1.29, 1.82) is 0 Å². The lowest BCUT2D eigenvalue weighted by Crippen LogP contribution is -2.22.